The third kappa shape index (κ3) is 3.73. The molecule has 5 rings (SSSR count). The Hall–Kier alpha value is -3.33. The molecule has 2 heterocycles. The molecule has 0 atom stereocenters. The lowest BCUT2D eigenvalue weighted by Gasteiger charge is -2.29. The van der Waals surface area contributed by atoms with E-state index in [1.807, 2.05) is 4.90 Å². The Labute approximate surface area is 182 Å². The molecule has 1 N–H and O–H groups in total. The average molecular weight is 442 g/mol. The number of ether oxygens (including phenoxy) is 1. The highest BCUT2D eigenvalue weighted by atomic mass is 19.2. The number of carbonyl (C=O) groups is 1. The van der Waals surface area contributed by atoms with Crippen LogP contribution in [0.3, 0.4) is 0 Å². The highest BCUT2D eigenvalue weighted by molar-refractivity contribution is 6.04. The first-order valence-corrected chi connectivity index (χ1v) is 10.5. The Kier molecular flexibility index (Phi) is 5.34. The minimum absolute atomic E-state index is 0.208. The highest BCUT2D eigenvalue weighted by Crippen LogP contribution is 2.29. The molecule has 9 heteroatoms. The molecular weight excluding hydrogens is 421 g/mol. The Balaban J connectivity index is 1.40. The van der Waals surface area contributed by atoms with Crippen molar-refractivity contribution in [3.8, 4) is 5.69 Å². The summed E-state index contributed by atoms with van der Waals surface area (Å²) < 4.78 is 48.5. The summed E-state index contributed by atoms with van der Waals surface area (Å²) in [5.74, 6) is -2.82. The molecular formula is C23H21F3N4O2. The summed E-state index contributed by atoms with van der Waals surface area (Å²) in [6.07, 6.45) is 2.17. The number of carbonyl (C=O) groups excluding carboxylic acids is 1. The van der Waals surface area contributed by atoms with Crippen LogP contribution in [0.25, 0.3) is 5.69 Å². The predicted molar refractivity (Wildman–Crippen MR) is 113 cm³/mol. The summed E-state index contributed by atoms with van der Waals surface area (Å²) in [5.41, 5.74) is 2.92. The molecule has 0 saturated carbocycles. The lowest BCUT2D eigenvalue weighted by Crippen LogP contribution is -2.36. The quantitative estimate of drug-likeness (QED) is 0.667. The van der Waals surface area contributed by atoms with Crippen molar-refractivity contribution in [2.45, 2.75) is 19.3 Å². The first kappa shape index (κ1) is 20.6. The van der Waals surface area contributed by atoms with Crippen LogP contribution in [0.4, 0.5) is 24.5 Å². The normalized spacial score (nSPS) is 15.7. The highest BCUT2D eigenvalue weighted by Gasteiger charge is 2.27. The fraction of sp³-hybridized carbons (Fsp3) is 0.304. The Morgan fingerprint density at radius 2 is 1.78 bits per heavy atom. The van der Waals surface area contributed by atoms with Crippen molar-refractivity contribution in [1.82, 2.24) is 9.78 Å². The summed E-state index contributed by atoms with van der Waals surface area (Å²) in [6.45, 7) is 2.31. The number of amides is 1. The minimum atomic E-state index is -0.980. The van der Waals surface area contributed by atoms with Gasteiger partial charge >= 0.3 is 0 Å². The molecule has 1 amide bonds. The number of halogens is 3. The molecule has 0 spiro atoms. The molecule has 2 aliphatic rings. The average Bonchev–Trinajstić information content (AvgIpc) is 3.39. The van der Waals surface area contributed by atoms with E-state index in [1.165, 1.54) is 16.8 Å². The van der Waals surface area contributed by atoms with Gasteiger partial charge in [0.15, 0.2) is 17.3 Å². The molecule has 2 aromatic carbocycles. The van der Waals surface area contributed by atoms with Gasteiger partial charge in [-0.1, -0.05) is 0 Å². The van der Waals surface area contributed by atoms with E-state index in [1.54, 1.807) is 12.1 Å². The van der Waals surface area contributed by atoms with Crippen LogP contribution in [0.1, 0.15) is 28.2 Å². The third-order valence-corrected chi connectivity index (χ3v) is 5.85. The van der Waals surface area contributed by atoms with Gasteiger partial charge in [-0.05, 0) is 49.6 Å². The fourth-order valence-electron chi connectivity index (χ4n) is 4.29. The lowest BCUT2D eigenvalue weighted by molar-refractivity contribution is 0.102. The zero-order valence-corrected chi connectivity index (χ0v) is 17.2. The van der Waals surface area contributed by atoms with Crippen LogP contribution in [0.5, 0.6) is 0 Å². The molecule has 1 aliphatic heterocycles. The lowest BCUT2D eigenvalue weighted by atomic mass is 10.2. The topological polar surface area (TPSA) is 59.4 Å². The standard InChI is InChI=1S/C23H21F3N4O2/c24-17-6-5-15(13-18(17)25)30-20-3-1-2-16(20)22(28-30)23(31)27-14-4-7-21(19(26)12-14)29-8-10-32-11-9-29/h4-7,12-13H,1-3,8-11H2,(H,27,31). The van der Waals surface area contributed by atoms with Gasteiger partial charge in [-0.2, -0.15) is 5.10 Å². The van der Waals surface area contributed by atoms with Crippen molar-refractivity contribution in [1.29, 1.82) is 0 Å². The van der Waals surface area contributed by atoms with Crippen molar-refractivity contribution < 1.29 is 22.7 Å². The molecule has 0 unspecified atom stereocenters. The van der Waals surface area contributed by atoms with Crippen molar-refractivity contribution in [3.05, 3.63) is 70.8 Å². The number of rotatable bonds is 4. The minimum Gasteiger partial charge on any atom is -0.378 e. The number of hydrogen-bond donors (Lipinski definition) is 1. The van der Waals surface area contributed by atoms with Gasteiger partial charge in [0, 0.05) is 36.1 Å². The predicted octanol–water partition coefficient (Wildman–Crippen LogP) is 3.87. The van der Waals surface area contributed by atoms with Gasteiger partial charge in [0.2, 0.25) is 0 Å². The monoisotopic (exact) mass is 442 g/mol. The summed E-state index contributed by atoms with van der Waals surface area (Å²) in [5, 5.41) is 7.09. The SMILES string of the molecule is O=C(Nc1ccc(N2CCOCC2)c(F)c1)c1nn(-c2ccc(F)c(F)c2)c2c1CCC2. The van der Waals surface area contributed by atoms with Crippen LogP contribution in [-0.4, -0.2) is 42.0 Å². The van der Waals surface area contributed by atoms with Gasteiger partial charge < -0.3 is 15.0 Å². The molecule has 0 radical (unpaired) electrons. The van der Waals surface area contributed by atoms with Crippen molar-refractivity contribution in [3.63, 3.8) is 0 Å². The number of fused-ring (bicyclic) bond motifs is 1. The van der Waals surface area contributed by atoms with Crippen LogP contribution in [0.2, 0.25) is 0 Å². The van der Waals surface area contributed by atoms with E-state index in [-0.39, 0.29) is 5.69 Å². The Morgan fingerprint density at radius 3 is 2.53 bits per heavy atom. The molecule has 1 saturated heterocycles. The van der Waals surface area contributed by atoms with E-state index in [9.17, 15) is 18.0 Å². The Morgan fingerprint density at radius 1 is 0.969 bits per heavy atom. The molecule has 3 aromatic rings. The maximum absolute atomic E-state index is 14.7. The Bertz CT molecular complexity index is 1190. The van der Waals surface area contributed by atoms with Crippen LogP contribution >= 0.6 is 0 Å². The van der Waals surface area contributed by atoms with E-state index >= 15 is 0 Å². The number of morpholine rings is 1. The number of anilines is 2. The van der Waals surface area contributed by atoms with Crippen molar-refractivity contribution in [2.75, 3.05) is 36.5 Å². The van der Waals surface area contributed by atoms with E-state index in [0.29, 0.717) is 56.2 Å². The summed E-state index contributed by atoms with van der Waals surface area (Å²) in [6, 6.07) is 8.09. The maximum atomic E-state index is 14.7. The molecule has 1 aromatic heterocycles. The van der Waals surface area contributed by atoms with Crippen LogP contribution in [-0.2, 0) is 17.6 Å². The van der Waals surface area contributed by atoms with Gasteiger partial charge in [0.05, 0.1) is 24.6 Å². The second-order valence-electron chi connectivity index (χ2n) is 7.86. The zero-order valence-electron chi connectivity index (χ0n) is 17.2. The summed E-state index contributed by atoms with van der Waals surface area (Å²) in [7, 11) is 0. The van der Waals surface area contributed by atoms with Crippen LogP contribution in [0, 0.1) is 17.5 Å². The van der Waals surface area contributed by atoms with Crippen LogP contribution < -0.4 is 10.2 Å². The van der Waals surface area contributed by atoms with E-state index in [4.69, 9.17) is 4.74 Å². The third-order valence-electron chi connectivity index (χ3n) is 5.85. The molecule has 1 aliphatic carbocycles. The largest absolute Gasteiger partial charge is 0.378 e. The molecule has 1 fully saturated rings. The zero-order chi connectivity index (χ0) is 22.2. The number of nitrogens with zero attached hydrogens (tertiary/aromatic N) is 3. The molecule has 6 nitrogen and oxygen atoms in total. The van der Waals surface area contributed by atoms with Crippen molar-refractivity contribution in [2.24, 2.45) is 0 Å². The summed E-state index contributed by atoms with van der Waals surface area (Å²) >= 11 is 0. The van der Waals surface area contributed by atoms with Crippen molar-refractivity contribution >= 4 is 17.3 Å². The number of nitrogens with one attached hydrogen (secondary N) is 1. The maximum Gasteiger partial charge on any atom is 0.276 e. The number of aromatic nitrogens is 2. The molecule has 32 heavy (non-hydrogen) atoms. The fourth-order valence-corrected chi connectivity index (χ4v) is 4.29. The van der Waals surface area contributed by atoms with Crippen LogP contribution in [0.15, 0.2) is 36.4 Å². The first-order valence-electron chi connectivity index (χ1n) is 10.5. The second kappa shape index (κ2) is 8.31. The van der Waals surface area contributed by atoms with Gasteiger partial charge in [-0.25, -0.2) is 17.9 Å². The molecule has 0 bridgehead atoms. The van der Waals surface area contributed by atoms with E-state index < -0.39 is 23.4 Å². The number of benzene rings is 2. The van der Waals surface area contributed by atoms with E-state index in [0.717, 1.165) is 29.8 Å². The number of hydrogen-bond acceptors (Lipinski definition) is 4. The smallest absolute Gasteiger partial charge is 0.276 e. The first-order chi connectivity index (χ1) is 15.5. The summed E-state index contributed by atoms with van der Waals surface area (Å²) in [4.78, 5) is 14.9. The molecule has 166 valence electrons. The van der Waals surface area contributed by atoms with Gasteiger partial charge in [-0.15, -0.1) is 0 Å². The van der Waals surface area contributed by atoms with Gasteiger partial charge in [0.1, 0.15) is 5.82 Å². The van der Waals surface area contributed by atoms with Gasteiger partial charge in [-0.3, -0.25) is 4.79 Å². The second-order valence-corrected chi connectivity index (χ2v) is 7.86. The van der Waals surface area contributed by atoms with Gasteiger partial charge in [0.25, 0.3) is 5.91 Å². The van der Waals surface area contributed by atoms with E-state index in [2.05, 4.69) is 10.4 Å².